The predicted octanol–water partition coefficient (Wildman–Crippen LogP) is 2.61. The fraction of sp³-hybridized carbons (Fsp3) is 0. The van der Waals surface area contributed by atoms with Crippen LogP contribution >= 0.6 is 0 Å². The van der Waals surface area contributed by atoms with Crippen molar-refractivity contribution in [3.05, 3.63) is 58.1 Å². The highest BCUT2D eigenvalue weighted by molar-refractivity contribution is 5.93. The molecule has 0 radical (unpaired) electrons. The Balaban J connectivity index is 2.03. The van der Waals surface area contributed by atoms with Gasteiger partial charge in [-0.15, -0.1) is 0 Å². The van der Waals surface area contributed by atoms with Crippen molar-refractivity contribution >= 4 is 23.4 Å². The van der Waals surface area contributed by atoms with Gasteiger partial charge >= 0.3 is 12.1 Å². The van der Waals surface area contributed by atoms with Gasteiger partial charge in [-0.25, -0.2) is 9.59 Å². The average molecular weight is 318 g/mol. The van der Waals surface area contributed by atoms with E-state index in [-0.39, 0.29) is 22.7 Å². The number of carbonyl (C=O) groups is 2. The van der Waals surface area contributed by atoms with E-state index < -0.39 is 22.7 Å². The Hall–Kier alpha value is -3.62. The lowest BCUT2D eigenvalue weighted by molar-refractivity contribution is -0.384. The molecule has 118 valence electrons. The molecule has 0 saturated carbocycles. The normalized spacial score (nSPS) is 9.91. The highest BCUT2D eigenvalue weighted by atomic mass is 16.6. The van der Waals surface area contributed by atoms with Crippen LogP contribution in [0.4, 0.5) is 16.2 Å². The van der Waals surface area contributed by atoms with Crippen molar-refractivity contribution in [3.63, 3.8) is 0 Å². The number of nitro benzene ring substituents is 1. The van der Waals surface area contributed by atoms with Crippen LogP contribution in [0.15, 0.2) is 42.5 Å². The van der Waals surface area contributed by atoms with Crippen molar-refractivity contribution in [2.24, 2.45) is 0 Å². The van der Waals surface area contributed by atoms with Gasteiger partial charge in [-0.3, -0.25) is 15.4 Å². The summed E-state index contributed by atoms with van der Waals surface area (Å²) in [5.41, 5.74) is -0.328. The predicted molar refractivity (Wildman–Crippen MR) is 77.8 cm³/mol. The molecule has 2 aromatic carbocycles. The number of nitrogens with one attached hydrogen (secondary N) is 1. The zero-order valence-electron chi connectivity index (χ0n) is 11.4. The summed E-state index contributed by atoms with van der Waals surface area (Å²) in [7, 11) is 0. The molecule has 9 nitrogen and oxygen atoms in total. The second-order valence-corrected chi connectivity index (χ2v) is 4.30. The second kappa shape index (κ2) is 6.43. The minimum atomic E-state index is -1.30. The number of phenols is 1. The first-order valence-corrected chi connectivity index (χ1v) is 6.16. The summed E-state index contributed by atoms with van der Waals surface area (Å²) < 4.78 is 4.90. The van der Waals surface area contributed by atoms with Crippen molar-refractivity contribution in [1.82, 2.24) is 0 Å². The maximum Gasteiger partial charge on any atom is 0.417 e. The average Bonchev–Trinajstić information content (AvgIpc) is 2.47. The minimum absolute atomic E-state index is 0.0829. The number of aromatic hydroxyl groups is 1. The summed E-state index contributed by atoms with van der Waals surface area (Å²) in [6.45, 7) is 0. The molecule has 0 spiro atoms. The minimum Gasteiger partial charge on any atom is -0.507 e. The molecular weight excluding hydrogens is 308 g/mol. The lowest BCUT2D eigenvalue weighted by Crippen LogP contribution is -2.16. The molecule has 0 saturated heterocycles. The summed E-state index contributed by atoms with van der Waals surface area (Å²) in [4.78, 5) is 32.3. The van der Waals surface area contributed by atoms with Gasteiger partial charge in [-0.05, 0) is 24.3 Å². The van der Waals surface area contributed by atoms with Crippen molar-refractivity contribution < 1.29 is 29.5 Å². The van der Waals surface area contributed by atoms with E-state index in [2.05, 4.69) is 5.32 Å². The quantitative estimate of drug-likeness (QED) is 0.581. The van der Waals surface area contributed by atoms with Crippen LogP contribution < -0.4 is 10.1 Å². The lowest BCUT2D eigenvalue weighted by atomic mass is 10.2. The van der Waals surface area contributed by atoms with Crippen LogP contribution in [0.2, 0.25) is 0 Å². The Morgan fingerprint density at radius 2 is 1.78 bits per heavy atom. The number of anilines is 1. The molecule has 23 heavy (non-hydrogen) atoms. The summed E-state index contributed by atoms with van der Waals surface area (Å²) in [6.07, 6.45) is -0.902. The molecule has 0 atom stereocenters. The van der Waals surface area contributed by atoms with E-state index in [9.17, 15) is 24.8 Å². The van der Waals surface area contributed by atoms with E-state index in [1.165, 1.54) is 30.3 Å². The van der Waals surface area contributed by atoms with Crippen LogP contribution in [0.5, 0.6) is 11.5 Å². The van der Waals surface area contributed by atoms with E-state index in [1.807, 2.05) is 0 Å². The third-order valence-corrected chi connectivity index (χ3v) is 2.73. The highest BCUT2D eigenvalue weighted by Gasteiger charge is 2.12. The molecule has 0 aliphatic carbocycles. The molecule has 2 aromatic rings. The van der Waals surface area contributed by atoms with Crippen molar-refractivity contribution in [3.8, 4) is 11.5 Å². The van der Waals surface area contributed by atoms with Gasteiger partial charge in [0.25, 0.3) is 5.69 Å². The number of amides is 1. The monoisotopic (exact) mass is 318 g/mol. The number of aromatic carboxylic acids is 1. The van der Waals surface area contributed by atoms with Crippen LogP contribution in [0, 0.1) is 10.1 Å². The molecule has 3 N–H and O–H groups in total. The molecule has 0 aliphatic heterocycles. The van der Waals surface area contributed by atoms with Gasteiger partial charge in [0.2, 0.25) is 0 Å². The van der Waals surface area contributed by atoms with Gasteiger partial charge in [-0.2, -0.15) is 0 Å². The summed E-state index contributed by atoms with van der Waals surface area (Å²) in [5.74, 6) is -1.73. The molecule has 2 rings (SSSR count). The fourth-order valence-electron chi connectivity index (χ4n) is 1.68. The zero-order valence-corrected chi connectivity index (χ0v) is 11.4. The molecule has 0 unspecified atom stereocenters. The third-order valence-electron chi connectivity index (χ3n) is 2.73. The van der Waals surface area contributed by atoms with Gasteiger partial charge in [0.1, 0.15) is 17.1 Å². The van der Waals surface area contributed by atoms with E-state index >= 15 is 0 Å². The molecule has 0 aromatic heterocycles. The Morgan fingerprint density at radius 1 is 1.13 bits per heavy atom. The number of benzene rings is 2. The summed E-state index contributed by atoms with van der Waals surface area (Å²) >= 11 is 0. The number of rotatable bonds is 4. The van der Waals surface area contributed by atoms with Crippen molar-refractivity contribution in [2.45, 2.75) is 0 Å². The van der Waals surface area contributed by atoms with E-state index in [0.29, 0.717) is 0 Å². The molecule has 0 fully saturated rings. The van der Waals surface area contributed by atoms with Crippen LogP contribution in [0.25, 0.3) is 0 Å². The van der Waals surface area contributed by atoms with E-state index in [1.54, 1.807) is 0 Å². The Kier molecular flexibility index (Phi) is 4.41. The SMILES string of the molecule is O=C(Nc1ccc(C(=O)O)c(O)c1)Oc1ccc([N+](=O)[O-])cc1. The number of ether oxygens (including phenoxy) is 1. The zero-order chi connectivity index (χ0) is 17.0. The largest absolute Gasteiger partial charge is 0.507 e. The van der Waals surface area contributed by atoms with Crippen LogP contribution in [-0.2, 0) is 0 Å². The molecule has 1 amide bonds. The van der Waals surface area contributed by atoms with Gasteiger partial charge < -0.3 is 14.9 Å². The molecular formula is C14H10N2O7. The van der Waals surface area contributed by atoms with Crippen molar-refractivity contribution in [1.29, 1.82) is 0 Å². The number of non-ortho nitro benzene ring substituents is 1. The lowest BCUT2D eigenvalue weighted by Gasteiger charge is -2.07. The molecule has 0 aliphatic rings. The number of nitrogens with zero attached hydrogens (tertiary/aromatic N) is 1. The maximum absolute atomic E-state index is 11.7. The number of hydrogen-bond acceptors (Lipinski definition) is 6. The summed E-state index contributed by atoms with van der Waals surface area (Å²) in [5, 5.41) is 31.1. The number of nitro groups is 1. The first kappa shape index (κ1) is 15.8. The molecule has 0 bridgehead atoms. The van der Waals surface area contributed by atoms with Crippen LogP contribution in [0.1, 0.15) is 10.4 Å². The number of hydrogen-bond donors (Lipinski definition) is 3. The number of carboxylic acid groups (broad SMARTS) is 1. The van der Waals surface area contributed by atoms with E-state index in [4.69, 9.17) is 9.84 Å². The topological polar surface area (TPSA) is 139 Å². The van der Waals surface area contributed by atoms with E-state index in [0.717, 1.165) is 12.1 Å². The standard InChI is InChI=1S/C14H10N2O7/c17-12-7-8(1-6-11(12)13(18)19)15-14(20)23-10-4-2-9(3-5-10)16(21)22/h1-7,17H,(H,15,20)(H,18,19). The molecule has 9 heteroatoms. The Bertz CT molecular complexity index is 771. The molecule has 0 heterocycles. The number of carboxylic acids is 1. The number of carbonyl (C=O) groups excluding carboxylic acids is 1. The van der Waals surface area contributed by atoms with Gasteiger partial charge in [0.15, 0.2) is 0 Å². The first-order chi connectivity index (χ1) is 10.9. The fourth-order valence-corrected chi connectivity index (χ4v) is 1.68. The van der Waals surface area contributed by atoms with Gasteiger partial charge in [0, 0.05) is 23.9 Å². The summed E-state index contributed by atoms with van der Waals surface area (Å²) in [6, 6.07) is 8.32. The third kappa shape index (κ3) is 3.94. The smallest absolute Gasteiger partial charge is 0.417 e. The van der Waals surface area contributed by atoms with Gasteiger partial charge in [-0.1, -0.05) is 0 Å². The maximum atomic E-state index is 11.7. The highest BCUT2D eigenvalue weighted by Crippen LogP contribution is 2.22. The Morgan fingerprint density at radius 3 is 2.30 bits per heavy atom. The Labute approximate surface area is 128 Å². The van der Waals surface area contributed by atoms with Crippen LogP contribution in [-0.4, -0.2) is 27.2 Å². The first-order valence-electron chi connectivity index (χ1n) is 6.16. The van der Waals surface area contributed by atoms with Gasteiger partial charge in [0.05, 0.1) is 4.92 Å². The van der Waals surface area contributed by atoms with Crippen molar-refractivity contribution in [2.75, 3.05) is 5.32 Å². The van der Waals surface area contributed by atoms with Crippen LogP contribution in [0.3, 0.4) is 0 Å². The second-order valence-electron chi connectivity index (χ2n) is 4.30.